The van der Waals surface area contributed by atoms with Gasteiger partial charge in [0.1, 0.15) is 0 Å². The topological polar surface area (TPSA) is 51.2 Å². The molecule has 1 amide bonds. The highest BCUT2D eigenvalue weighted by Gasteiger charge is 2.20. The Balaban J connectivity index is 2.54. The molecule has 0 aliphatic heterocycles. The Morgan fingerprint density at radius 3 is 2.89 bits per heavy atom. The molecule has 1 aromatic rings. The monoisotopic (exact) mass is 254 g/mol. The minimum absolute atomic E-state index is 0.0277. The minimum Gasteiger partial charge on any atom is -0.385 e. The molecule has 0 fully saturated rings. The summed E-state index contributed by atoms with van der Waals surface area (Å²) in [4.78, 5) is 15.2. The molecule has 0 saturated carbocycles. The van der Waals surface area contributed by atoms with Gasteiger partial charge in [-0.15, -0.1) is 0 Å². The molecule has 0 atom stereocenters. The molecule has 100 valence electrons. The van der Waals surface area contributed by atoms with Crippen LogP contribution in [0.25, 0.3) is 0 Å². The van der Waals surface area contributed by atoms with Gasteiger partial charge >= 0.3 is 0 Å². The summed E-state index contributed by atoms with van der Waals surface area (Å²) in [5, 5.41) is 2.71. The molecule has 0 bridgehead atoms. The van der Waals surface area contributed by atoms with E-state index >= 15 is 0 Å². The van der Waals surface area contributed by atoms with Crippen molar-refractivity contribution < 1.29 is 13.9 Å². The lowest BCUT2D eigenvalue weighted by atomic mass is 9.89. The van der Waals surface area contributed by atoms with Gasteiger partial charge in [-0.05, 0) is 24.0 Å². The molecular formula is C13H19FN2O2. The second-order valence-electron chi connectivity index (χ2n) is 4.93. The molecule has 5 heteroatoms. The third-order valence-electron chi connectivity index (χ3n) is 2.71. The Kier molecular flexibility index (Phi) is 5.22. The highest BCUT2D eigenvalue weighted by atomic mass is 19.1. The first-order valence-electron chi connectivity index (χ1n) is 5.84. The number of amides is 1. The molecule has 0 saturated heterocycles. The largest absolute Gasteiger partial charge is 0.385 e. The van der Waals surface area contributed by atoms with Crippen LogP contribution in [0.1, 0.15) is 30.6 Å². The van der Waals surface area contributed by atoms with Crippen molar-refractivity contribution in [3.63, 3.8) is 0 Å². The lowest BCUT2D eigenvalue weighted by Crippen LogP contribution is -2.35. The van der Waals surface area contributed by atoms with Crippen LogP contribution >= 0.6 is 0 Å². The number of halogens is 1. The van der Waals surface area contributed by atoms with Crippen molar-refractivity contribution in [2.75, 3.05) is 20.3 Å². The SMILES string of the molecule is COCCC(C)(C)CNC(=O)c1cccnc1F. The average Bonchev–Trinajstić information content (AvgIpc) is 2.34. The van der Waals surface area contributed by atoms with E-state index in [-0.39, 0.29) is 11.0 Å². The molecule has 1 N–H and O–H groups in total. The number of carbonyl (C=O) groups excluding carboxylic acids is 1. The molecule has 0 spiro atoms. The van der Waals surface area contributed by atoms with Crippen LogP contribution in [0.2, 0.25) is 0 Å². The summed E-state index contributed by atoms with van der Waals surface area (Å²) in [5.74, 6) is -1.18. The normalized spacial score (nSPS) is 11.3. The van der Waals surface area contributed by atoms with Gasteiger partial charge in [-0.1, -0.05) is 13.8 Å². The van der Waals surface area contributed by atoms with Crippen LogP contribution < -0.4 is 5.32 Å². The second kappa shape index (κ2) is 6.44. The fourth-order valence-corrected chi connectivity index (χ4v) is 1.44. The van der Waals surface area contributed by atoms with Crippen molar-refractivity contribution in [2.24, 2.45) is 5.41 Å². The number of hydrogen-bond acceptors (Lipinski definition) is 3. The summed E-state index contributed by atoms with van der Waals surface area (Å²) in [7, 11) is 1.64. The van der Waals surface area contributed by atoms with Crippen LogP contribution in [-0.2, 0) is 4.74 Å². The smallest absolute Gasteiger partial charge is 0.255 e. The van der Waals surface area contributed by atoms with Crippen LogP contribution in [0.3, 0.4) is 0 Å². The molecule has 1 aromatic heterocycles. The van der Waals surface area contributed by atoms with Crippen LogP contribution in [0, 0.1) is 11.4 Å². The summed E-state index contributed by atoms with van der Waals surface area (Å²) in [6.07, 6.45) is 2.13. The highest BCUT2D eigenvalue weighted by molar-refractivity contribution is 5.94. The number of pyridine rings is 1. The van der Waals surface area contributed by atoms with Gasteiger partial charge in [0.2, 0.25) is 5.95 Å². The lowest BCUT2D eigenvalue weighted by Gasteiger charge is -2.24. The molecule has 0 aromatic carbocycles. The third-order valence-corrected chi connectivity index (χ3v) is 2.71. The summed E-state index contributed by atoms with van der Waals surface area (Å²) in [5.41, 5.74) is -0.121. The molecule has 1 heterocycles. The van der Waals surface area contributed by atoms with Gasteiger partial charge in [0.05, 0.1) is 5.56 Å². The van der Waals surface area contributed by atoms with E-state index < -0.39 is 11.9 Å². The van der Waals surface area contributed by atoms with Crippen LogP contribution in [0.15, 0.2) is 18.3 Å². The van der Waals surface area contributed by atoms with Crippen molar-refractivity contribution in [1.29, 1.82) is 0 Å². The first-order valence-corrected chi connectivity index (χ1v) is 5.84. The lowest BCUT2D eigenvalue weighted by molar-refractivity contribution is 0.0916. The van der Waals surface area contributed by atoms with Crippen LogP contribution in [0.5, 0.6) is 0 Å². The number of ether oxygens (including phenoxy) is 1. The fraction of sp³-hybridized carbons (Fsp3) is 0.538. The Labute approximate surface area is 107 Å². The molecule has 0 radical (unpaired) electrons. The van der Waals surface area contributed by atoms with Crippen molar-refractivity contribution in [3.05, 3.63) is 29.8 Å². The van der Waals surface area contributed by atoms with Crippen LogP contribution in [-0.4, -0.2) is 31.2 Å². The Morgan fingerprint density at radius 1 is 1.56 bits per heavy atom. The second-order valence-corrected chi connectivity index (χ2v) is 4.93. The number of methoxy groups -OCH3 is 1. The predicted molar refractivity (Wildman–Crippen MR) is 66.8 cm³/mol. The highest BCUT2D eigenvalue weighted by Crippen LogP contribution is 2.19. The van der Waals surface area contributed by atoms with Gasteiger partial charge in [-0.25, -0.2) is 4.98 Å². The first kappa shape index (κ1) is 14.6. The maximum Gasteiger partial charge on any atom is 0.255 e. The zero-order valence-electron chi connectivity index (χ0n) is 11.0. The quantitative estimate of drug-likeness (QED) is 0.790. The minimum atomic E-state index is -0.746. The Bertz CT molecular complexity index is 408. The number of aromatic nitrogens is 1. The third kappa shape index (κ3) is 4.41. The van der Waals surface area contributed by atoms with Gasteiger partial charge < -0.3 is 10.1 Å². The molecule has 4 nitrogen and oxygen atoms in total. The van der Waals surface area contributed by atoms with Gasteiger partial charge in [-0.3, -0.25) is 4.79 Å². The van der Waals surface area contributed by atoms with E-state index in [1.54, 1.807) is 7.11 Å². The Morgan fingerprint density at radius 2 is 2.28 bits per heavy atom. The van der Waals surface area contributed by atoms with E-state index in [9.17, 15) is 9.18 Å². The van der Waals surface area contributed by atoms with Crippen molar-refractivity contribution in [1.82, 2.24) is 10.3 Å². The summed E-state index contributed by atoms with van der Waals surface area (Å²) in [6, 6.07) is 2.95. The van der Waals surface area contributed by atoms with E-state index in [4.69, 9.17) is 4.74 Å². The summed E-state index contributed by atoms with van der Waals surface area (Å²) in [6.45, 7) is 5.13. The number of nitrogens with one attached hydrogen (secondary N) is 1. The van der Waals surface area contributed by atoms with Gasteiger partial charge in [0.15, 0.2) is 0 Å². The van der Waals surface area contributed by atoms with Gasteiger partial charge in [-0.2, -0.15) is 4.39 Å². The predicted octanol–water partition coefficient (Wildman–Crippen LogP) is 2.01. The van der Waals surface area contributed by atoms with E-state index in [1.807, 2.05) is 13.8 Å². The molecule has 0 aliphatic carbocycles. The van der Waals surface area contributed by atoms with Gasteiger partial charge in [0.25, 0.3) is 5.91 Å². The average molecular weight is 254 g/mol. The summed E-state index contributed by atoms with van der Waals surface area (Å²) >= 11 is 0. The number of carbonyl (C=O) groups is 1. The van der Waals surface area contributed by atoms with Crippen molar-refractivity contribution in [2.45, 2.75) is 20.3 Å². The van der Waals surface area contributed by atoms with Crippen molar-refractivity contribution >= 4 is 5.91 Å². The maximum atomic E-state index is 13.3. The zero-order chi connectivity index (χ0) is 13.6. The summed E-state index contributed by atoms with van der Waals surface area (Å²) < 4.78 is 18.3. The molecule has 0 unspecified atom stereocenters. The van der Waals surface area contributed by atoms with E-state index in [0.29, 0.717) is 13.2 Å². The van der Waals surface area contributed by atoms with E-state index in [0.717, 1.165) is 6.42 Å². The number of hydrogen-bond donors (Lipinski definition) is 1. The number of nitrogens with zero attached hydrogens (tertiary/aromatic N) is 1. The van der Waals surface area contributed by atoms with E-state index in [2.05, 4.69) is 10.3 Å². The number of rotatable bonds is 6. The maximum absolute atomic E-state index is 13.3. The van der Waals surface area contributed by atoms with Gasteiger partial charge in [0, 0.05) is 26.5 Å². The van der Waals surface area contributed by atoms with E-state index in [1.165, 1.54) is 18.3 Å². The standard InChI is InChI=1S/C13H19FN2O2/c1-13(2,6-8-18-3)9-16-12(17)10-5-4-7-15-11(10)14/h4-5,7H,6,8-9H2,1-3H3,(H,16,17). The zero-order valence-corrected chi connectivity index (χ0v) is 11.0. The molecule has 18 heavy (non-hydrogen) atoms. The Hall–Kier alpha value is -1.49. The van der Waals surface area contributed by atoms with Crippen molar-refractivity contribution in [3.8, 4) is 0 Å². The van der Waals surface area contributed by atoms with Crippen LogP contribution in [0.4, 0.5) is 4.39 Å². The first-order chi connectivity index (χ1) is 8.46. The fourth-order valence-electron chi connectivity index (χ4n) is 1.44. The molecule has 1 rings (SSSR count). The molecule has 0 aliphatic rings. The molecular weight excluding hydrogens is 235 g/mol.